The van der Waals surface area contributed by atoms with Crippen LogP contribution in [0.25, 0.3) is 0 Å². The Morgan fingerprint density at radius 3 is 2.57 bits per heavy atom. The molecule has 3 heterocycles. The molecule has 3 fully saturated rings. The van der Waals surface area contributed by atoms with Crippen LogP contribution in [0.1, 0.15) is 6.92 Å². The molecule has 0 N–H and O–H groups in total. The molecule has 82 valence electrons. The van der Waals surface area contributed by atoms with Gasteiger partial charge in [0.1, 0.15) is 0 Å². The van der Waals surface area contributed by atoms with Crippen LogP contribution in [0, 0.1) is 0 Å². The highest BCUT2D eigenvalue weighted by molar-refractivity contribution is 14.1. The maximum absolute atomic E-state index is 5.94. The van der Waals surface area contributed by atoms with Crippen molar-refractivity contribution in [3.05, 3.63) is 0 Å². The number of rotatable bonds is 1. The normalized spacial score (nSPS) is 44.1. The smallest absolute Gasteiger partial charge is 0.372 e. The monoisotopic (exact) mass is 329 g/mol. The summed E-state index contributed by atoms with van der Waals surface area (Å²) in [6.45, 7) is 6.65. The van der Waals surface area contributed by atoms with Crippen LogP contribution >= 0.6 is 22.6 Å². The van der Waals surface area contributed by atoms with Gasteiger partial charge in [-0.2, -0.15) is 0 Å². The third-order valence-electron chi connectivity index (χ3n) is 2.52. The molecule has 0 radical (unpaired) electrons. The molecule has 14 heavy (non-hydrogen) atoms. The minimum Gasteiger partial charge on any atom is -0.372 e. The van der Waals surface area contributed by atoms with Crippen LogP contribution in [0.2, 0.25) is 0 Å². The summed E-state index contributed by atoms with van der Waals surface area (Å²) in [7, 11) is -2.30. The van der Waals surface area contributed by atoms with Crippen LogP contribution in [-0.4, -0.2) is 56.7 Å². The highest BCUT2D eigenvalue weighted by Crippen LogP contribution is 2.20. The minimum atomic E-state index is -2.30. The first kappa shape index (κ1) is 11.3. The van der Waals surface area contributed by atoms with Crippen molar-refractivity contribution in [1.82, 2.24) is 4.90 Å². The van der Waals surface area contributed by atoms with E-state index in [1.54, 1.807) is 0 Å². The Balaban J connectivity index is 2.13. The zero-order chi connectivity index (χ0) is 10.0. The highest BCUT2D eigenvalue weighted by Gasteiger charge is 2.44. The van der Waals surface area contributed by atoms with Gasteiger partial charge in [0.2, 0.25) is 0 Å². The molecule has 4 nitrogen and oxygen atoms in total. The lowest BCUT2D eigenvalue weighted by molar-refractivity contribution is -0.0315. The Labute approximate surface area is 99.4 Å². The largest absolute Gasteiger partial charge is 0.511 e. The number of hydrogen-bond donors (Lipinski definition) is 0. The summed E-state index contributed by atoms with van der Waals surface area (Å²) in [5.74, 6) is 0. The topological polar surface area (TPSA) is 30.9 Å². The molecule has 0 aromatic rings. The fraction of sp³-hybridized carbons (Fsp3) is 1.00. The zero-order valence-corrected chi connectivity index (χ0v) is 11.5. The highest BCUT2D eigenvalue weighted by atomic mass is 127. The standard InChI is InChI=1S/C8H16INO3Si/c1-8-6-10-2-4-11-14(7-9,13-8)12-5-3-10/h8H,2-7H2,1H3. The van der Waals surface area contributed by atoms with Gasteiger partial charge in [-0.25, -0.2) is 0 Å². The number of alkyl halides is 1. The maximum atomic E-state index is 5.94. The molecule has 0 aliphatic carbocycles. The van der Waals surface area contributed by atoms with Gasteiger partial charge in [0.25, 0.3) is 0 Å². The fourth-order valence-corrected chi connectivity index (χ4v) is 5.67. The molecule has 6 heteroatoms. The summed E-state index contributed by atoms with van der Waals surface area (Å²) >= 11 is 2.31. The molecule has 3 rings (SSSR count). The quantitative estimate of drug-likeness (QED) is 0.402. The third-order valence-corrected chi connectivity index (χ3v) is 7.70. The van der Waals surface area contributed by atoms with Crippen LogP contribution < -0.4 is 0 Å². The first-order chi connectivity index (χ1) is 6.74. The van der Waals surface area contributed by atoms with Crippen LogP contribution in [0.4, 0.5) is 0 Å². The zero-order valence-electron chi connectivity index (χ0n) is 8.37. The number of nitrogens with zero attached hydrogens (tertiary/aromatic N) is 1. The van der Waals surface area contributed by atoms with E-state index < -0.39 is 8.80 Å². The molecule has 0 amide bonds. The van der Waals surface area contributed by atoms with Gasteiger partial charge in [-0.15, -0.1) is 0 Å². The summed E-state index contributed by atoms with van der Waals surface area (Å²) in [6, 6.07) is 0. The van der Waals surface area contributed by atoms with Crippen molar-refractivity contribution in [3.8, 4) is 0 Å². The Morgan fingerprint density at radius 2 is 2.00 bits per heavy atom. The van der Waals surface area contributed by atoms with Crippen molar-refractivity contribution in [1.29, 1.82) is 0 Å². The first-order valence-corrected chi connectivity index (χ1v) is 8.44. The molecule has 1 unspecified atom stereocenters. The van der Waals surface area contributed by atoms with Crippen molar-refractivity contribution in [2.75, 3.05) is 36.9 Å². The SMILES string of the molecule is CC1CN2CCO[Si](CI)(OCC2)O1. The molecule has 3 aliphatic rings. The Kier molecular flexibility index (Phi) is 3.83. The number of fused-ring (bicyclic) bond motifs is 6. The molecule has 2 bridgehead atoms. The van der Waals surface area contributed by atoms with E-state index in [4.69, 9.17) is 13.3 Å². The van der Waals surface area contributed by atoms with E-state index in [0.29, 0.717) is 0 Å². The van der Waals surface area contributed by atoms with Crippen LogP contribution in [0.3, 0.4) is 0 Å². The van der Waals surface area contributed by atoms with E-state index >= 15 is 0 Å². The second-order valence-corrected chi connectivity index (χ2v) is 8.48. The molecule has 3 saturated heterocycles. The predicted molar refractivity (Wildman–Crippen MR) is 63.5 cm³/mol. The van der Waals surface area contributed by atoms with Gasteiger partial charge in [0.05, 0.1) is 23.4 Å². The van der Waals surface area contributed by atoms with E-state index in [-0.39, 0.29) is 6.10 Å². The van der Waals surface area contributed by atoms with Crippen LogP contribution in [-0.2, 0) is 13.3 Å². The molecular weight excluding hydrogens is 313 g/mol. The van der Waals surface area contributed by atoms with Gasteiger partial charge >= 0.3 is 8.80 Å². The lowest BCUT2D eigenvalue weighted by Crippen LogP contribution is -2.58. The third kappa shape index (κ3) is 2.48. The molecular formula is C8H16INO3Si. The number of hydrogen-bond acceptors (Lipinski definition) is 4. The van der Waals surface area contributed by atoms with Crippen LogP contribution in [0.5, 0.6) is 0 Å². The summed E-state index contributed by atoms with van der Waals surface area (Å²) in [6.07, 6.45) is 0.233. The van der Waals surface area contributed by atoms with Crippen molar-refractivity contribution >= 4 is 31.4 Å². The summed E-state index contributed by atoms with van der Waals surface area (Å²) < 4.78 is 18.4. The summed E-state index contributed by atoms with van der Waals surface area (Å²) in [5.41, 5.74) is 0. The molecule has 0 aromatic carbocycles. The van der Waals surface area contributed by atoms with Crippen molar-refractivity contribution < 1.29 is 13.3 Å². The van der Waals surface area contributed by atoms with Gasteiger partial charge in [0.15, 0.2) is 0 Å². The average molecular weight is 329 g/mol. The summed E-state index contributed by atoms with van der Waals surface area (Å²) in [5, 5.41) is 0. The van der Waals surface area contributed by atoms with Crippen molar-refractivity contribution in [3.63, 3.8) is 0 Å². The molecule has 0 spiro atoms. The number of halogens is 1. The van der Waals surface area contributed by atoms with Crippen molar-refractivity contribution in [2.45, 2.75) is 13.0 Å². The Morgan fingerprint density at radius 1 is 1.36 bits per heavy atom. The Hall–Kier alpha value is 0.787. The van der Waals surface area contributed by atoms with Crippen molar-refractivity contribution in [2.24, 2.45) is 0 Å². The maximum Gasteiger partial charge on any atom is 0.511 e. The molecule has 0 saturated carbocycles. The fourth-order valence-electron chi connectivity index (χ4n) is 1.88. The van der Waals surface area contributed by atoms with E-state index in [1.165, 1.54) is 0 Å². The minimum absolute atomic E-state index is 0.233. The van der Waals surface area contributed by atoms with Gasteiger partial charge in [-0.3, -0.25) is 4.90 Å². The van der Waals surface area contributed by atoms with Crippen LogP contribution in [0.15, 0.2) is 0 Å². The summed E-state index contributed by atoms with van der Waals surface area (Å²) in [4.78, 5) is 2.34. The van der Waals surface area contributed by atoms with E-state index in [9.17, 15) is 0 Å². The Bertz CT molecular complexity index is 197. The average Bonchev–Trinajstić information content (AvgIpc) is 2.08. The molecule has 3 aliphatic heterocycles. The van der Waals surface area contributed by atoms with E-state index in [1.807, 2.05) is 0 Å². The van der Waals surface area contributed by atoms with Gasteiger partial charge in [-0.1, -0.05) is 22.6 Å². The predicted octanol–water partition coefficient (Wildman–Crippen LogP) is 0.667. The van der Waals surface area contributed by atoms with E-state index in [0.717, 1.165) is 36.9 Å². The van der Waals surface area contributed by atoms with E-state index in [2.05, 4.69) is 34.4 Å². The first-order valence-electron chi connectivity index (χ1n) is 4.98. The van der Waals surface area contributed by atoms with Gasteiger partial charge < -0.3 is 13.3 Å². The lowest BCUT2D eigenvalue weighted by atomic mass is 10.3. The second kappa shape index (κ2) is 4.75. The lowest BCUT2D eigenvalue weighted by Gasteiger charge is -2.40. The van der Waals surface area contributed by atoms with Gasteiger partial charge in [-0.05, 0) is 6.92 Å². The molecule has 0 aromatic heterocycles. The molecule has 1 atom stereocenters. The second-order valence-electron chi connectivity index (χ2n) is 3.74. The van der Waals surface area contributed by atoms with Gasteiger partial charge in [0, 0.05) is 19.6 Å².